The minimum Gasteiger partial charge on any atom is -0.464 e. The molecule has 0 aromatic heterocycles. The summed E-state index contributed by atoms with van der Waals surface area (Å²) in [6, 6.07) is 0. The molecule has 78 valence electrons. The van der Waals surface area contributed by atoms with Crippen LogP contribution in [0.1, 0.15) is 34.6 Å². The van der Waals surface area contributed by atoms with Gasteiger partial charge in [-0.25, -0.2) is 0 Å². The normalized spacial score (nSPS) is 12.8. The highest BCUT2D eigenvalue weighted by Gasteiger charge is 2.33. The average Bonchev–Trinajstić information content (AvgIpc) is 1.98. The van der Waals surface area contributed by atoms with Crippen molar-refractivity contribution in [3.05, 3.63) is 0 Å². The van der Waals surface area contributed by atoms with Gasteiger partial charge in [-0.05, 0) is 5.41 Å². The molecule has 0 fully saturated rings. The highest BCUT2D eigenvalue weighted by atomic mass is 79.9. The molecule has 0 aliphatic heterocycles. The maximum absolute atomic E-state index is 10.9. The lowest BCUT2D eigenvalue weighted by Crippen LogP contribution is -2.35. The molecule has 0 saturated carbocycles. The summed E-state index contributed by atoms with van der Waals surface area (Å²) in [4.78, 5) is 10.9. The van der Waals surface area contributed by atoms with Crippen molar-refractivity contribution in [3.8, 4) is 0 Å². The van der Waals surface area contributed by atoms with E-state index in [9.17, 15) is 4.79 Å². The molecule has 0 spiro atoms. The maximum atomic E-state index is 10.9. The van der Waals surface area contributed by atoms with Crippen LogP contribution in [0.2, 0.25) is 0 Å². The number of esters is 1. The van der Waals surface area contributed by atoms with E-state index in [2.05, 4.69) is 50.5 Å². The van der Waals surface area contributed by atoms with Gasteiger partial charge in [-0.2, -0.15) is 0 Å². The quantitative estimate of drug-likeness (QED) is 0.569. The smallest absolute Gasteiger partial charge is 0.316 e. The molecule has 3 heteroatoms. The second-order valence-corrected chi connectivity index (χ2v) is 5.49. The molecule has 0 aliphatic rings. The number of hydrogen-bond acceptors (Lipinski definition) is 2. The van der Waals surface area contributed by atoms with Crippen molar-refractivity contribution in [2.75, 3.05) is 11.9 Å². The lowest BCUT2D eigenvalue weighted by atomic mass is 9.70. The summed E-state index contributed by atoms with van der Waals surface area (Å²) < 4.78 is 5.10. The van der Waals surface area contributed by atoms with Crippen LogP contribution in [0.4, 0.5) is 0 Å². The topological polar surface area (TPSA) is 26.3 Å². The lowest BCUT2D eigenvalue weighted by molar-refractivity contribution is -0.145. The largest absolute Gasteiger partial charge is 0.464 e. The zero-order valence-electron chi connectivity index (χ0n) is 9.11. The van der Waals surface area contributed by atoms with Crippen molar-refractivity contribution in [1.29, 1.82) is 0 Å². The Hall–Kier alpha value is -0.0500. The Morgan fingerprint density at radius 1 is 1.23 bits per heavy atom. The molecule has 13 heavy (non-hydrogen) atoms. The summed E-state index contributed by atoms with van der Waals surface area (Å²) in [5.74, 6) is -0.197. The number of alkyl halides is 1. The van der Waals surface area contributed by atoms with Crippen LogP contribution in [0.5, 0.6) is 0 Å². The Morgan fingerprint density at radius 3 is 2.00 bits per heavy atom. The highest BCUT2D eigenvalue weighted by Crippen LogP contribution is 2.37. The van der Waals surface area contributed by atoms with E-state index in [-0.39, 0.29) is 22.1 Å². The van der Waals surface area contributed by atoms with E-state index in [4.69, 9.17) is 4.74 Å². The first-order valence-corrected chi connectivity index (χ1v) is 5.54. The van der Waals surface area contributed by atoms with Crippen LogP contribution in [-0.2, 0) is 9.53 Å². The first-order valence-electron chi connectivity index (χ1n) is 4.42. The molecular weight excluding hydrogens is 232 g/mol. The molecule has 0 amide bonds. The number of hydrogen-bond donors (Lipinski definition) is 0. The summed E-state index contributed by atoms with van der Waals surface area (Å²) >= 11 is 3.06. The summed E-state index contributed by atoms with van der Waals surface area (Å²) in [6.45, 7) is 11.1. The summed E-state index contributed by atoms with van der Waals surface area (Å²) in [5, 5.41) is 0.271. The van der Waals surface area contributed by atoms with Crippen molar-refractivity contribution >= 4 is 21.9 Å². The second kappa shape index (κ2) is 4.45. The van der Waals surface area contributed by atoms with Gasteiger partial charge in [0.25, 0.3) is 0 Å². The van der Waals surface area contributed by atoms with E-state index in [0.29, 0.717) is 6.61 Å². The molecule has 0 rings (SSSR count). The van der Waals surface area contributed by atoms with Crippen LogP contribution in [0.3, 0.4) is 0 Å². The Bertz CT molecular complexity index is 180. The molecule has 0 atom stereocenters. The molecule has 0 bridgehead atoms. The van der Waals surface area contributed by atoms with Crippen molar-refractivity contribution in [2.45, 2.75) is 34.6 Å². The number of carbonyl (C=O) groups excluding carboxylic acids is 1. The van der Waals surface area contributed by atoms with E-state index in [1.807, 2.05) is 0 Å². The fourth-order valence-corrected chi connectivity index (χ4v) is 0.678. The maximum Gasteiger partial charge on any atom is 0.316 e. The molecule has 0 N–H and O–H groups in total. The van der Waals surface area contributed by atoms with Gasteiger partial charge < -0.3 is 4.74 Å². The predicted octanol–water partition coefficient (Wildman–Crippen LogP) is 3.00. The summed E-state index contributed by atoms with van der Waals surface area (Å²) in [7, 11) is 0. The van der Waals surface area contributed by atoms with Gasteiger partial charge in [-0.1, -0.05) is 50.5 Å². The number of rotatable bonds is 3. The number of ether oxygens (including phenoxy) is 1. The molecule has 0 unspecified atom stereocenters. The van der Waals surface area contributed by atoms with Crippen molar-refractivity contribution in [1.82, 2.24) is 0 Å². The molecule has 0 aliphatic carbocycles. The van der Waals surface area contributed by atoms with E-state index in [1.54, 1.807) is 0 Å². The zero-order chi connectivity index (χ0) is 10.7. The molecule has 0 saturated heterocycles. The summed E-state index contributed by atoms with van der Waals surface area (Å²) in [5.41, 5.74) is 0.143. The van der Waals surface area contributed by atoms with Crippen LogP contribution < -0.4 is 0 Å². The lowest BCUT2D eigenvalue weighted by Gasteiger charge is -2.38. The van der Waals surface area contributed by atoms with Gasteiger partial charge in [0.05, 0.1) is 6.61 Å². The first kappa shape index (κ1) is 12.9. The third-order valence-electron chi connectivity index (χ3n) is 2.73. The predicted molar refractivity (Wildman–Crippen MR) is 58.0 cm³/mol. The standard InChI is InChI=1S/C10H19BrO2/c1-9(2,3)10(4,5)7-13-8(12)6-11/h6-7H2,1-5H3. The van der Waals surface area contributed by atoms with Crippen molar-refractivity contribution < 1.29 is 9.53 Å². The summed E-state index contributed by atoms with van der Waals surface area (Å²) in [6.07, 6.45) is 0. The average molecular weight is 251 g/mol. The van der Waals surface area contributed by atoms with Crippen LogP contribution in [0.25, 0.3) is 0 Å². The Labute approximate surface area is 89.2 Å². The molecule has 2 nitrogen and oxygen atoms in total. The van der Waals surface area contributed by atoms with Gasteiger partial charge in [-0.3, -0.25) is 4.79 Å². The molecular formula is C10H19BrO2. The molecule has 0 radical (unpaired) electrons. The molecule has 0 aromatic rings. The van der Waals surface area contributed by atoms with Crippen LogP contribution in [-0.4, -0.2) is 17.9 Å². The first-order chi connectivity index (χ1) is 5.70. The van der Waals surface area contributed by atoms with Gasteiger partial charge in [0.2, 0.25) is 0 Å². The van der Waals surface area contributed by atoms with Gasteiger partial charge >= 0.3 is 5.97 Å². The third kappa shape index (κ3) is 4.12. The second-order valence-electron chi connectivity index (χ2n) is 4.93. The Kier molecular flexibility index (Phi) is 4.43. The van der Waals surface area contributed by atoms with E-state index in [1.165, 1.54) is 0 Å². The third-order valence-corrected chi connectivity index (χ3v) is 3.19. The van der Waals surface area contributed by atoms with Crippen LogP contribution in [0, 0.1) is 10.8 Å². The fraction of sp³-hybridized carbons (Fsp3) is 0.900. The Balaban J connectivity index is 4.12. The van der Waals surface area contributed by atoms with Gasteiger partial charge in [0.15, 0.2) is 0 Å². The van der Waals surface area contributed by atoms with E-state index < -0.39 is 0 Å². The Morgan fingerprint density at radius 2 is 1.69 bits per heavy atom. The van der Waals surface area contributed by atoms with E-state index in [0.717, 1.165) is 0 Å². The minimum atomic E-state index is -0.197. The minimum absolute atomic E-state index is 0.00479. The van der Waals surface area contributed by atoms with Gasteiger partial charge in [0, 0.05) is 5.41 Å². The monoisotopic (exact) mass is 250 g/mol. The van der Waals surface area contributed by atoms with Gasteiger partial charge in [-0.15, -0.1) is 0 Å². The van der Waals surface area contributed by atoms with Crippen molar-refractivity contribution in [3.63, 3.8) is 0 Å². The van der Waals surface area contributed by atoms with E-state index >= 15 is 0 Å². The van der Waals surface area contributed by atoms with Crippen LogP contribution in [0.15, 0.2) is 0 Å². The van der Waals surface area contributed by atoms with Crippen molar-refractivity contribution in [2.24, 2.45) is 10.8 Å². The zero-order valence-corrected chi connectivity index (χ0v) is 10.7. The highest BCUT2D eigenvalue weighted by molar-refractivity contribution is 9.09. The SMILES string of the molecule is CC(C)(C)C(C)(C)COC(=O)CBr. The van der Waals surface area contributed by atoms with Crippen LogP contribution >= 0.6 is 15.9 Å². The fourth-order valence-electron chi connectivity index (χ4n) is 0.516. The van der Waals surface area contributed by atoms with Gasteiger partial charge in [0.1, 0.15) is 5.33 Å². The molecule has 0 aromatic carbocycles. The molecule has 0 heterocycles. The number of carbonyl (C=O) groups is 1. The number of halogens is 1.